The second-order valence-electron chi connectivity index (χ2n) is 26.1. The lowest BCUT2D eigenvalue weighted by molar-refractivity contribution is -0.150. The summed E-state index contributed by atoms with van der Waals surface area (Å²) in [5.74, 6) is -3.71. The topological polar surface area (TPSA) is 266 Å². The quantitative estimate of drug-likeness (QED) is 0.0310. The number of benzene rings is 3. The van der Waals surface area contributed by atoms with Crippen LogP contribution in [0.15, 0.2) is 78.9 Å². The normalized spacial score (nSPS) is 16.5. The van der Waals surface area contributed by atoms with Crippen LogP contribution in [-0.2, 0) is 78.4 Å². The maximum Gasteiger partial charge on any atom is 0.414 e. The molecule has 0 aromatic heterocycles. The number of nitrogens with one attached hydrogen (secondary N) is 3. The van der Waals surface area contributed by atoms with Gasteiger partial charge in [-0.25, -0.2) is 14.4 Å². The molecular weight excluding hydrogens is 1170 g/mol. The number of likely N-dealkylation sites (tertiary alicyclic amines) is 1. The van der Waals surface area contributed by atoms with E-state index < -0.39 is 78.3 Å². The first-order valence-corrected chi connectivity index (χ1v) is 32.8. The van der Waals surface area contributed by atoms with Crippen LogP contribution in [0.3, 0.4) is 0 Å². The van der Waals surface area contributed by atoms with Gasteiger partial charge in [-0.3, -0.25) is 38.6 Å². The Hall–Kier alpha value is -7.23. The van der Waals surface area contributed by atoms with Gasteiger partial charge in [0.25, 0.3) is 0 Å². The van der Waals surface area contributed by atoms with Gasteiger partial charge in [0, 0.05) is 84.7 Å². The van der Waals surface area contributed by atoms with Gasteiger partial charge in [0.05, 0.1) is 55.8 Å². The van der Waals surface area contributed by atoms with Crippen molar-refractivity contribution in [1.29, 1.82) is 0 Å². The number of Topliss-reactive ketones (excluding diaryl/α,β-unsaturated/α-hetero) is 2. The predicted molar refractivity (Wildman–Crippen MR) is 356 cm³/mol. The molecule has 4 rings (SSSR count). The maximum atomic E-state index is 14.9. The standard InChI is InChI=1S/C71H108N8O13/c1-17-47(8)64(61(89-14)42-62(82)79-37-22-26-58(79)65(90-15)49(10)67(84)75-57(69(86)91-16)39-51-23-19-18-20-24-51)78(13)68(85)55(45(4)5)41-60(81)63(46(6)7)76(11)38-35-50-31-33-54(34-32-50)77(12)71(88)92-43-53-29-27-52(28-30-53)40-59(80)56(25-21-36-73-70(72)87)74-66(83)48(9)44(2)3/h18-20,23-24,27-34,44-49,55-58,61,63-65H,17,21-22,25-26,35-43H2,1-16H3,(H,74,83)(H,75,84)(H3,72,73,87)/t47-,48-,49+,55-,56-,57-,58-,61+,63-,64-,65+/m0/s1. The third-order valence-electron chi connectivity index (χ3n) is 18.5. The number of nitrogens with two attached hydrogens (primary N) is 1. The van der Waals surface area contributed by atoms with Crippen LogP contribution in [0.1, 0.15) is 136 Å². The van der Waals surface area contributed by atoms with Gasteiger partial charge in [-0.2, -0.15) is 0 Å². The number of anilines is 1. The fourth-order valence-electron chi connectivity index (χ4n) is 12.3. The van der Waals surface area contributed by atoms with Crippen LogP contribution < -0.4 is 26.6 Å². The number of hydrogen-bond acceptors (Lipinski definition) is 14. The number of methoxy groups -OCH3 is 3. The molecule has 1 heterocycles. The van der Waals surface area contributed by atoms with Gasteiger partial charge < -0.3 is 50.4 Å². The molecule has 21 nitrogen and oxygen atoms in total. The van der Waals surface area contributed by atoms with Crippen LogP contribution in [0, 0.1) is 41.4 Å². The first kappa shape index (κ1) is 77.2. The van der Waals surface area contributed by atoms with Crippen molar-refractivity contribution in [3.63, 3.8) is 0 Å². The van der Waals surface area contributed by atoms with E-state index in [0.29, 0.717) is 57.3 Å². The Morgan fingerprint density at radius 3 is 1.86 bits per heavy atom. The summed E-state index contributed by atoms with van der Waals surface area (Å²) in [5, 5.41) is 8.30. The third-order valence-corrected chi connectivity index (χ3v) is 18.5. The number of nitrogens with zero attached hydrogens (tertiary/aromatic N) is 4. The number of hydrogen-bond donors (Lipinski definition) is 4. The molecule has 3 aromatic rings. The Morgan fingerprint density at radius 2 is 1.29 bits per heavy atom. The molecule has 0 bridgehead atoms. The average Bonchev–Trinajstić information content (AvgIpc) is 1.40. The SMILES string of the molecule is CC[C@H](C)[C@@H]([C@@H](CC(=O)N1CCC[C@H]1[C@H](OC)[C@@H](C)C(=O)N[C@@H](Cc1ccccc1)C(=O)OC)OC)N(C)C(=O)[C@@H](CC(=O)[C@H](C(C)C)N(C)CCc1ccc(N(C)C(=O)OCc2ccc(CC(=O)[C@H](CCCNC(N)=O)NC(=O)[C@@H](C)C(C)C)cc2)cc1)C(C)C. The smallest absolute Gasteiger partial charge is 0.414 e. The number of ketones is 2. The van der Waals surface area contributed by atoms with E-state index in [2.05, 4.69) is 16.0 Å². The van der Waals surface area contributed by atoms with Crippen LogP contribution in [-0.4, -0.2) is 173 Å². The summed E-state index contributed by atoms with van der Waals surface area (Å²) >= 11 is 0. The van der Waals surface area contributed by atoms with Crippen LogP contribution in [0.5, 0.6) is 0 Å². The van der Waals surface area contributed by atoms with Crippen LogP contribution in [0.4, 0.5) is 15.3 Å². The Bertz CT molecular complexity index is 2850. The molecule has 92 heavy (non-hydrogen) atoms. The van der Waals surface area contributed by atoms with Gasteiger partial charge in [-0.05, 0) is 97.2 Å². The summed E-state index contributed by atoms with van der Waals surface area (Å²) < 4.78 is 22.9. The van der Waals surface area contributed by atoms with Crippen molar-refractivity contribution in [2.45, 2.75) is 182 Å². The minimum absolute atomic E-state index is 0.00368. The molecule has 21 heteroatoms. The van der Waals surface area contributed by atoms with Gasteiger partial charge in [-0.15, -0.1) is 0 Å². The minimum atomic E-state index is -0.926. The minimum Gasteiger partial charge on any atom is -0.467 e. The fraction of sp³-hybridized carbons (Fsp3) is 0.620. The molecule has 1 fully saturated rings. The second kappa shape index (κ2) is 38.1. The summed E-state index contributed by atoms with van der Waals surface area (Å²) in [6.45, 7) is 20.7. The summed E-state index contributed by atoms with van der Waals surface area (Å²) in [6, 6.07) is 20.3. The van der Waals surface area contributed by atoms with Crippen molar-refractivity contribution >= 4 is 59.0 Å². The zero-order valence-corrected chi connectivity index (χ0v) is 57.7. The highest BCUT2D eigenvalue weighted by Gasteiger charge is 2.44. The monoisotopic (exact) mass is 1280 g/mol. The Morgan fingerprint density at radius 1 is 0.685 bits per heavy atom. The third kappa shape index (κ3) is 22.8. The fourth-order valence-corrected chi connectivity index (χ4v) is 12.3. The highest BCUT2D eigenvalue weighted by molar-refractivity contribution is 5.92. The molecule has 1 saturated heterocycles. The molecule has 0 saturated carbocycles. The lowest BCUT2D eigenvalue weighted by atomic mass is 9.83. The van der Waals surface area contributed by atoms with Gasteiger partial charge in [-0.1, -0.05) is 142 Å². The first-order chi connectivity index (χ1) is 43.6. The highest BCUT2D eigenvalue weighted by Crippen LogP contribution is 2.32. The lowest BCUT2D eigenvalue weighted by Gasteiger charge is -2.41. The van der Waals surface area contributed by atoms with Gasteiger partial charge in [0.1, 0.15) is 12.6 Å². The summed E-state index contributed by atoms with van der Waals surface area (Å²) in [7, 11) is 9.66. The molecule has 11 atom stereocenters. The largest absolute Gasteiger partial charge is 0.467 e. The van der Waals surface area contributed by atoms with Crippen molar-refractivity contribution in [2.24, 2.45) is 47.2 Å². The van der Waals surface area contributed by atoms with Crippen molar-refractivity contribution in [1.82, 2.24) is 30.7 Å². The molecule has 5 N–H and O–H groups in total. The van der Waals surface area contributed by atoms with Gasteiger partial charge >= 0.3 is 18.1 Å². The Labute approximate surface area is 547 Å². The number of likely N-dealkylation sites (N-methyl/N-ethyl adjacent to an activating group) is 2. The van der Waals surface area contributed by atoms with Crippen molar-refractivity contribution in [3.8, 4) is 0 Å². The molecule has 0 radical (unpaired) electrons. The first-order valence-electron chi connectivity index (χ1n) is 32.8. The zero-order chi connectivity index (χ0) is 68.5. The lowest BCUT2D eigenvalue weighted by Crippen LogP contribution is -2.55. The van der Waals surface area contributed by atoms with E-state index in [1.54, 1.807) is 62.2 Å². The van der Waals surface area contributed by atoms with E-state index in [4.69, 9.17) is 24.7 Å². The molecule has 7 amide bonds. The molecular formula is C71H108N8O13. The van der Waals surface area contributed by atoms with E-state index in [-0.39, 0.29) is 97.7 Å². The van der Waals surface area contributed by atoms with E-state index in [1.807, 2.05) is 129 Å². The number of urea groups is 1. The Balaban J connectivity index is 1.35. The van der Waals surface area contributed by atoms with Crippen molar-refractivity contribution in [2.75, 3.05) is 67.0 Å². The number of rotatable bonds is 38. The highest BCUT2D eigenvalue weighted by atomic mass is 16.6. The molecule has 1 aliphatic rings. The van der Waals surface area contributed by atoms with Crippen LogP contribution in [0.25, 0.3) is 0 Å². The summed E-state index contributed by atoms with van der Waals surface area (Å²) in [6.07, 6.45) is 1.74. The molecule has 1 aliphatic heterocycles. The number of primary amides is 1. The summed E-state index contributed by atoms with van der Waals surface area (Å²) in [5.41, 5.74) is 9.12. The van der Waals surface area contributed by atoms with Crippen LogP contribution >= 0.6 is 0 Å². The number of ether oxygens (including phenoxy) is 4. The second-order valence-corrected chi connectivity index (χ2v) is 26.1. The van der Waals surface area contributed by atoms with Crippen LogP contribution in [0.2, 0.25) is 0 Å². The number of amides is 7. The number of carbonyl (C=O) groups excluding carboxylic acids is 9. The van der Waals surface area contributed by atoms with Crippen molar-refractivity contribution in [3.05, 3.63) is 101 Å². The van der Waals surface area contributed by atoms with E-state index in [1.165, 1.54) is 19.1 Å². The van der Waals surface area contributed by atoms with Crippen molar-refractivity contribution < 1.29 is 62.1 Å². The molecule has 510 valence electrons. The average molecular weight is 1280 g/mol. The summed E-state index contributed by atoms with van der Waals surface area (Å²) in [4.78, 5) is 129. The van der Waals surface area contributed by atoms with Gasteiger partial charge in [0.15, 0.2) is 11.6 Å². The number of esters is 1. The molecule has 3 aromatic carbocycles. The molecule has 0 unspecified atom stereocenters. The Kier molecular flexibility index (Phi) is 32.0. The maximum absolute atomic E-state index is 14.9. The molecule has 0 aliphatic carbocycles. The van der Waals surface area contributed by atoms with E-state index >= 15 is 0 Å². The van der Waals surface area contributed by atoms with E-state index in [0.717, 1.165) is 22.3 Å². The molecule has 0 spiro atoms. The zero-order valence-electron chi connectivity index (χ0n) is 57.7. The predicted octanol–water partition coefficient (Wildman–Crippen LogP) is 8.35. The van der Waals surface area contributed by atoms with E-state index in [9.17, 15) is 43.2 Å². The number of carbonyl (C=O) groups is 9. The van der Waals surface area contributed by atoms with Gasteiger partial charge in [0.2, 0.25) is 23.6 Å².